The van der Waals surface area contributed by atoms with Crippen LogP contribution in [0.1, 0.15) is 49.8 Å². The van der Waals surface area contributed by atoms with Gasteiger partial charge in [0.2, 0.25) is 0 Å². The maximum absolute atomic E-state index is 12.8. The van der Waals surface area contributed by atoms with Gasteiger partial charge in [-0.1, -0.05) is 6.92 Å². The molecule has 1 saturated heterocycles. The second-order valence-electron chi connectivity index (χ2n) is 7.04. The number of hydrogen-bond donors (Lipinski definition) is 3. The lowest BCUT2D eigenvalue weighted by molar-refractivity contribution is -0.136. The number of carbonyl (C=O) groups excluding carboxylic acids is 1. The van der Waals surface area contributed by atoms with Crippen LogP contribution in [-0.2, 0) is 4.79 Å². The summed E-state index contributed by atoms with van der Waals surface area (Å²) >= 11 is 0. The van der Waals surface area contributed by atoms with E-state index in [-0.39, 0.29) is 11.9 Å². The van der Waals surface area contributed by atoms with E-state index in [1.165, 1.54) is 0 Å². The molecule has 1 aliphatic heterocycles. The second kappa shape index (κ2) is 7.43. The van der Waals surface area contributed by atoms with Crippen molar-refractivity contribution in [3.8, 4) is 5.75 Å². The number of benzene rings is 1. The van der Waals surface area contributed by atoms with Crippen molar-refractivity contribution in [2.45, 2.75) is 65.5 Å². The molecule has 0 spiro atoms. The molecular formula is C19H31N3O2. The fourth-order valence-electron chi connectivity index (χ4n) is 3.00. The molecule has 0 bridgehead atoms. The molecule has 0 radical (unpaired) electrons. The topological polar surface area (TPSA) is 76.4 Å². The van der Waals surface area contributed by atoms with E-state index in [0.29, 0.717) is 6.42 Å². The molecule has 1 amide bonds. The smallest absolute Gasteiger partial charge is 0.264 e. The van der Waals surface area contributed by atoms with Crippen LogP contribution in [-0.4, -0.2) is 30.6 Å². The van der Waals surface area contributed by atoms with Gasteiger partial charge in [0.25, 0.3) is 5.91 Å². The van der Waals surface area contributed by atoms with E-state index in [9.17, 15) is 4.79 Å². The number of hydrogen-bond acceptors (Lipinski definition) is 4. The SMILES string of the molecule is CCC(C)(Oc1cc(C)c(N)c(C)c1C)C(=O)NC1CCNCC1. The Morgan fingerprint density at radius 2 is 1.96 bits per heavy atom. The van der Waals surface area contributed by atoms with Gasteiger partial charge in [0.1, 0.15) is 5.75 Å². The number of rotatable bonds is 5. The summed E-state index contributed by atoms with van der Waals surface area (Å²) in [7, 11) is 0. The van der Waals surface area contributed by atoms with Crippen molar-refractivity contribution in [2.75, 3.05) is 18.8 Å². The van der Waals surface area contributed by atoms with Crippen LogP contribution >= 0.6 is 0 Å². The van der Waals surface area contributed by atoms with Gasteiger partial charge in [-0.3, -0.25) is 4.79 Å². The zero-order chi connectivity index (χ0) is 17.9. The molecule has 1 atom stereocenters. The minimum absolute atomic E-state index is 0.0385. The minimum atomic E-state index is -0.884. The van der Waals surface area contributed by atoms with Crippen LogP contribution in [0.2, 0.25) is 0 Å². The Hall–Kier alpha value is -1.75. The normalized spacial score (nSPS) is 18.0. The van der Waals surface area contributed by atoms with Gasteiger partial charge in [-0.05, 0) is 82.8 Å². The Bertz CT molecular complexity index is 609. The number of anilines is 1. The molecule has 1 heterocycles. The summed E-state index contributed by atoms with van der Waals surface area (Å²) in [5.41, 5.74) is 8.98. The Morgan fingerprint density at radius 3 is 2.54 bits per heavy atom. The zero-order valence-electron chi connectivity index (χ0n) is 15.6. The summed E-state index contributed by atoms with van der Waals surface area (Å²) in [5, 5.41) is 6.47. The first-order valence-electron chi connectivity index (χ1n) is 8.85. The summed E-state index contributed by atoms with van der Waals surface area (Å²) < 4.78 is 6.22. The highest BCUT2D eigenvalue weighted by Crippen LogP contribution is 2.32. The zero-order valence-corrected chi connectivity index (χ0v) is 15.6. The van der Waals surface area contributed by atoms with Gasteiger partial charge in [-0.25, -0.2) is 0 Å². The van der Waals surface area contributed by atoms with Crippen molar-refractivity contribution in [2.24, 2.45) is 0 Å². The first-order chi connectivity index (χ1) is 11.3. The number of amides is 1. The molecule has 2 rings (SSSR count). The maximum Gasteiger partial charge on any atom is 0.264 e. The van der Waals surface area contributed by atoms with E-state index < -0.39 is 5.60 Å². The molecule has 4 N–H and O–H groups in total. The minimum Gasteiger partial charge on any atom is -0.477 e. The standard InChI is InChI=1S/C19H31N3O2/c1-6-19(5,18(23)22-15-7-9-21-10-8-15)24-16-11-12(2)17(20)14(4)13(16)3/h11,15,21H,6-10,20H2,1-5H3,(H,22,23). The summed E-state index contributed by atoms with van der Waals surface area (Å²) in [6, 6.07) is 2.16. The third kappa shape index (κ3) is 3.83. The molecule has 1 aliphatic rings. The Labute approximate surface area is 145 Å². The van der Waals surface area contributed by atoms with Gasteiger partial charge in [0, 0.05) is 11.7 Å². The highest BCUT2D eigenvalue weighted by Gasteiger charge is 2.35. The van der Waals surface area contributed by atoms with Crippen molar-refractivity contribution >= 4 is 11.6 Å². The number of ether oxygens (including phenoxy) is 1. The molecular weight excluding hydrogens is 302 g/mol. The average Bonchev–Trinajstić information content (AvgIpc) is 2.58. The van der Waals surface area contributed by atoms with Crippen LogP contribution in [0.3, 0.4) is 0 Å². The van der Waals surface area contributed by atoms with Gasteiger partial charge in [-0.15, -0.1) is 0 Å². The van der Waals surface area contributed by atoms with Crippen molar-refractivity contribution in [1.82, 2.24) is 10.6 Å². The number of nitrogen functional groups attached to an aromatic ring is 1. The third-order valence-corrected chi connectivity index (χ3v) is 5.27. The van der Waals surface area contributed by atoms with Gasteiger partial charge in [-0.2, -0.15) is 0 Å². The lowest BCUT2D eigenvalue weighted by Crippen LogP contribution is -2.53. The second-order valence-corrected chi connectivity index (χ2v) is 7.04. The molecule has 134 valence electrons. The lowest BCUT2D eigenvalue weighted by atomic mass is 9.98. The van der Waals surface area contributed by atoms with E-state index in [1.54, 1.807) is 0 Å². The van der Waals surface area contributed by atoms with Gasteiger partial charge >= 0.3 is 0 Å². The van der Waals surface area contributed by atoms with E-state index in [2.05, 4.69) is 10.6 Å². The highest BCUT2D eigenvalue weighted by atomic mass is 16.5. The summed E-state index contributed by atoms with van der Waals surface area (Å²) in [6.45, 7) is 11.7. The predicted molar refractivity (Wildman–Crippen MR) is 98.4 cm³/mol. The fraction of sp³-hybridized carbons (Fsp3) is 0.632. The number of piperidine rings is 1. The molecule has 0 aliphatic carbocycles. The number of nitrogens with one attached hydrogen (secondary N) is 2. The average molecular weight is 333 g/mol. The van der Waals surface area contributed by atoms with Gasteiger partial charge < -0.3 is 21.1 Å². The lowest BCUT2D eigenvalue weighted by Gasteiger charge is -2.33. The van der Waals surface area contributed by atoms with Crippen molar-refractivity contribution in [1.29, 1.82) is 0 Å². The van der Waals surface area contributed by atoms with Crippen molar-refractivity contribution < 1.29 is 9.53 Å². The maximum atomic E-state index is 12.8. The Balaban J connectivity index is 2.19. The van der Waals surface area contributed by atoms with Crippen LogP contribution in [0, 0.1) is 20.8 Å². The number of nitrogens with two attached hydrogens (primary N) is 1. The first-order valence-corrected chi connectivity index (χ1v) is 8.85. The molecule has 24 heavy (non-hydrogen) atoms. The molecule has 1 aromatic carbocycles. The van der Waals surface area contributed by atoms with E-state index >= 15 is 0 Å². The van der Waals surface area contributed by atoms with Crippen molar-refractivity contribution in [3.63, 3.8) is 0 Å². The monoisotopic (exact) mass is 333 g/mol. The van der Waals surface area contributed by atoms with Crippen LogP contribution in [0.25, 0.3) is 0 Å². The third-order valence-electron chi connectivity index (χ3n) is 5.27. The number of carbonyl (C=O) groups is 1. The molecule has 1 aromatic rings. The Kier molecular flexibility index (Phi) is 5.75. The largest absolute Gasteiger partial charge is 0.477 e. The van der Waals surface area contributed by atoms with Crippen LogP contribution in [0.5, 0.6) is 5.75 Å². The molecule has 0 aromatic heterocycles. The quantitative estimate of drug-likeness (QED) is 0.724. The predicted octanol–water partition coefficient (Wildman–Crippen LogP) is 2.61. The van der Waals surface area contributed by atoms with Crippen LogP contribution in [0.4, 0.5) is 5.69 Å². The Morgan fingerprint density at radius 1 is 1.33 bits per heavy atom. The molecule has 5 nitrogen and oxygen atoms in total. The molecule has 0 saturated carbocycles. The fourth-order valence-corrected chi connectivity index (χ4v) is 3.00. The first kappa shape index (κ1) is 18.6. The van der Waals surface area contributed by atoms with E-state index in [4.69, 9.17) is 10.5 Å². The molecule has 1 fully saturated rings. The summed E-state index contributed by atoms with van der Waals surface area (Å²) in [6.07, 6.45) is 2.53. The highest BCUT2D eigenvalue weighted by molar-refractivity contribution is 5.85. The van der Waals surface area contributed by atoms with Gasteiger partial charge in [0.15, 0.2) is 5.60 Å². The molecule has 1 unspecified atom stereocenters. The van der Waals surface area contributed by atoms with E-state index in [1.807, 2.05) is 40.7 Å². The summed E-state index contributed by atoms with van der Waals surface area (Å²) in [5.74, 6) is 0.701. The van der Waals surface area contributed by atoms with Crippen LogP contribution < -0.4 is 21.1 Å². The van der Waals surface area contributed by atoms with Crippen molar-refractivity contribution in [3.05, 3.63) is 22.8 Å². The number of aryl methyl sites for hydroxylation is 1. The van der Waals surface area contributed by atoms with Gasteiger partial charge in [0.05, 0.1) is 0 Å². The molecule has 5 heteroatoms. The van der Waals surface area contributed by atoms with E-state index in [0.717, 1.165) is 54.1 Å². The summed E-state index contributed by atoms with van der Waals surface area (Å²) in [4.78, 5) is 12.8. The van der Waals surface area contributed by atoms with Crippen LogP contribution in [0.15, 0.2) is 6.07 Å².